The average molecular weight is 966 g/mol. The molecule has 0 unspecified atom stereocenters. The van der Waals surface area contributed by atoms with Gasteiger partial charge in [-0.25, -0.2) is 4.98 Å². The number of benzene rings is 8. The fraction of sp³-hybridized carbons (Fsp3) is 0.209. The summed E-state index contributed by atoms with van der Waals surface area (Å²) in [6.07, 6.45) is -2.11. The van der Waals surface area contributed by atoms with E-state index in [0.717, 1.165) is 28.3 Å². The Morgan fingerprint density at radius 3 is 2.11 bits per heavy atom. The van der Waals surface area contributed by atoms with E-state index in [1.54, 1.807) is 47.0 Å². The maximum atomic E-state index is 9.79. The molecule has 0 spiro atoms. The van der Waals surface area contributed by atoms with E-state index in [1.807, 2.05) is 113 Å². The van der Waals surface area contributed by atoms with Crippen molar-refractivity contribution in [1.29, 1.82) is 0 Å². The molecule has 0 amide bonds. The Balaban J connectivity index is 1.17. The summed E-state index contributed by atoms with van der Waals surface area (Å²) in [6.45, 7) is 11.4. The van der Waals surface area contributed by atoms with Crippen molar-refractivity contribution in [3.8, 4) is 62.2 Å². The third-order valence-electron chi connectivity index (χ3n) is 13.6. The van der Waals surface area contributed by atoms with Crippen LogP contribution >= 0.6 is 0 Å². The predicted octanol–water partition coefficient (Wildman–Crippen LogP) is 18.3. The summed E-state index contributed by atoms with van der Waals surface area (Å²) in [4.78, 5) is 9.32. The molecule has 0 N–H and O–H groups in total. The van der Waals surface area contributed by atoms with Gasteiger partial charge in [0.1, 0.15) is 35.5 Å². The number of hydrogen-bond acceptors (Lipinski definition) is 5. The molecule has 0 radical (unpaired) electrons. The lowest BCUT2D eigenvalue weighted by Crippen LogP contribution is -2.25. The second-order valence-corrected chi connectivity index (χ2v) is 20.6. The number of aromatic nitrogens is 2. The quantitative estimate of drug-likeness (QED) is 0.172. The molecule has 3 aliphatic rings. The van der Waals surface area contributed by atoms with Gasteiger partial charge in [-0.05, 0) is 149 Å². The van der Waals surface area contributed by atoms with Crippen LogP contribution in [0.4, 0.5) is 22.7 Å². The number of hydrogen-bond donors (Lipinski definition) is 0. The summed E-state index contributed by atoms with van der Waals surface area (Å²) in [6, 6.07) is 45.6. The number of fused-ring (bicyclic) bond motifs is 5. The van der Waals surface area contributed by atoms with Gasteiger partial charge in [0.15, 0.2) is 0 Å². The molecule has 8 aromatic carbocycles. The lowest BCUT2D eigenvalue weighted by molar-refractivity contribution is 0.483. The molecule has 13 rings (SSSR count). The van der Waals surface area contributed by atoms with Crippen LogP contribution in [0.25, 0.3) is 61.0 Å². The second-order valence-electron chi connectivity index (χ2n) is 20.6. The van der Waals surface area contributed by atoms with E-state index in [2.05, 4.69) is 48.8 Å². The molecule has 362 valence electrons. The van der Waals surface area contributed by atoms with Crippen LogP contribution in [0.2, 0.25) is 0 Å². The first-order valence-electron chi connectivity index (χ1n) is 30.4. The van der Waals surface area contributed by atoms with E-state index in [4.69, 9.17) is 22.7 Å². The molecular formula is C67H62N4O2. The number of rotatable bonds is 5. The summed E-state index contributed by atoms with van der Waals surface area (Å²) >= 11 is 0. The Morgan fingerprint density at radius 2 is 1.32 bits per heavy atom. The molecule has 0 saturated heterocycles. The number of anilines is 4. The Labute approximate surface area is 445 Å². The van der Waals surface area contributed by atoms with Crippen LogP contribution in [0.5, 0.6) is 23.0 Å². The Kier molecular flexibility index (Phi) is 8.75. The van der Waals surface area contributed by atoms with Crippen LogP contribution in [0.3, 0.4) is 0 Å². The summed E-state index contributed by atoms with van der Waals surface area (Å²) in [5, 5.41) is 0.726. The predicted molar refractivity (Wildman–Crippen MR) is 304 cm³/mol. The van der Waals surface area contributed by atoms with Crippen molar-refractivity contribution < 1.29 is 24.6 Å². The first kappa shape index (κ1) is 35.1. The topological polar surface area (TPSA) is 42.8 Å². The smallest absolute Gasteiger partial charge is 0.137 e. The summed E-state index contributed by atoms with van der Waals surface area (Å²) in [5.74, 6) is 0.928. The van der Waals surface area contributed by atoms with Crippen molar-refractivity contribution in [1.82, 2.24) is 9.55 Å². The van der Waals surface area contributed by atoms with Gasteiger partial charge in [0, 0.05) is 66.6 Å². The van der Waals surface area contributed by atoms with E-state index >= 15 is 0 Å². The van der Waals surface area contributed by atoms with Crippen LogP contribution < -0.4 is 19.3 Å². The van der Waals surface area contributed by atoms with Gasteiger partial charge in [0.25, 0.3) is 0 Å². The highest BCUT2D eigenvalue weighted by molar-refractivity contribution is 6.09. The number of para-hydroxylation sites is 4. The fourth-order valence-corrected chi connectivity index (χ4v) is 10.3. The van der Waals surface area contributed by atoms with Crippen molar-refractivity contribution in [3.63, 3.8) is 0 Å². The van der Waals surface area contributed by atoms with Gasteiger partial charge in [-0.1, -0.05) is 133 Å². The van der Waals surface area contributed by atoms with Crippen molar-refractivity contribution in [2.75, 3.05) is 16.5 Å². The molecule has 0 aliphatic carbocycles. The van der Waals surface area contributed by atoms with Gasteiger partial charge in [0.05, 0.1) is 33.6 Å². The lowest BCUT2D eigenvalue weighted by Gasteiger charge is -2.30. The molecule has 73 heavy (non-hydrogen) atoms. The maximum absolute atomic E-state index is 9.79. The van der Waals surface area contributed by atoms with Gasteiger partial charge >= 0.3 is 0 Å². The highest BCUT2D eigenvalue weighted by Crippen LogP contribution is 2.53. The zero-order valence-electron chi connectivity index (χ0n) is 53.0. The second kappa shape index (κ2) is 18.2. The average Bonchev–Trinajstić information content (AvgIpc) is 3.74. The maximum Gasteiger partial charge on any atom is 0.137 e. The number of ether oxygens (including phenoxy) is 2. The minimum Gasteiger partial charge on any atom is -0.457 e. The van der Waals surface area contributed by atoms with E-state index < -0.39 is 43.0 Å². The monoisotopic (exact) mass is 966 g/mol. The van der Waals surface area contributed by atoms with Crippen LogP contribution in [0.1, 0.15) is 85.8 Å². The molecule has 2 aromatic heterocycles. The molecule has 6 heteroatoms. The van der Waals surface area contributed by atoms with Crippen LogP contribution in [-0.2, 0) is 18.2 Å². The first-order valence-corrected chi connectivity index (χ1v) is 24.9. The van der Waals surface area contributed by atoms with Gasteiger partial charge in [-0.15, -0.1) is 0 Å². The molecular weight excluding hydrogens is 893 g/mol. The van der Waals surface area contributed by atoms with Gasteiger partial charge in [-0.3, -0.25) is 4.57 Å². The molecule has 6 nitrogen and oxygen atoms in total. The lowest BCUT2D eigenvalue weighted by atomic mass is 9.82. The van der Waals surface area contributed by atoms with Crippen LogP contribution in [0, 0.1) is 18.7 Å². The molecule has 10 aromatic rings. The van der Waals surface area contributed by atoms with Crippen LogP contribution in [-0.4, -0.2) is 16.2 Å². The van der Waals surface area contributed by atoms with Crippen LogP contribution in [0.15, 0.2) is 182 Å². The number of nitrogens with zero attached hydrogens (tertiary/aromatic N) is 4. The highest BCUT2D eigenvalue weighted by Gasteiger charge is 2.33. The number of pyridine rings is 1. The Hall–Kier alpha value is -8.09. The Bertz CT molecular complexity index is 4310. The molecule has 3 aliphatic heterocycles. The minimum atomic E-state index is -2.70. The van der Waals surface area contributed by atoms with Crippen molar-refractivity contribution >= 4 is 44.6 Å². The summed E-state index contributed by atoms with van der Waals surface area (Å²) < 4.78 is 117. The first-order chi connectivity index (χ1) is 39.7. The van der Waals surface area contributed by atoms with Gasteiger partial charge in [-0.2, -0.15) is 0 Å². The zero-order chi connectivity index (χ0) is 59.7. The molecule has 0 saturated carbocycles. The summed E-state index contributed by atoms with van der Waals surface area (Å²) in [5.41, 5.74) is 8.63. The zero-order valence-corrected chi connectivity index (χ0v) is 42.0. The highest BCUT2D eigenvalue weighted by atomic mass is 16.5. The van der Waals surface area contributed by atoms with Gasteiger partial charge < -0.3 is 19.3 Å². The third-order valence-corrected chi connectivity index (χ3v) is 13.6. The fourth-order valence-electron chi connectivity index (χ4n) is 10.3. The molecule has 10 bridgehead atoms. The van der Waals surface area contributed by atoms with E-state index in [0.29, 0.717) is 72.8 Å². The minimum absolute atomic E-state index is 0.0588. The van der Waals surface area contributed by atoms with E-state index in [-0.39, 0.29) is 52.5 Å². The van der Waals surface area contributed by atoms with E-state index in [1.165, 1.54) is 12.3 Å². The molecule has 0 fully saturated rings. The van der Waals surface area contributed by atoms with Crippen molar-refractivity contribution in [3.05, 3.63) is 204 Å². The number of aryl methyl sites for hydroxylation is 1. The normalized spacial score (nSPS) is 15.9. The molecule has 0 atom stereocenters. The van der Waals surface area contributed by atoms with Gasteiger partial charge in [0.2, 0.25) is 0 Å². The Morgan fingerprint density at radius 1 is 0.603 bits per heavy atom. The molecule has 5 heterocycles. The third kappa shape index (κ3) is 8.59. The van der Waals surface area contributed by atoms with E-state index in [9.17, 15) is 6.85 Å². The largest absolute Gasteiger partial charge is 0.457 e. The van der Waals surface area contributed by atoms with Crippen molar-refractivity contribution in [2.45, 2.75) is 73.5 Å². The SMILES string of the molecule is [2H]c1c([2H])c([2H])c2c(c1[2H])c1ccc3cc1n2-c1cc(C([2H])([2H])[2H])c(cn1)-c1cccc(c1)Oc1ccccc1-c1cc(C([2H])([2H])C(C)C)cc(-c2cc(C(C)(C)C)cc(C([2H])([2H])C(C)C)c2)c1N1CN(c2cccc(c2)O3)c2ccccc21. The van der Waals surface area contributed by atoms with Crippen molar-refractivity contribution in [2.24, 2.45) is 11.8 Å². The summed E-state index contributed by atoms with van der Waals surface area (Å²) in [7, 11) is 0. The standard InChI is InChI=1S/C67H62N4O2/c1-42(2)29-45-32-48(36-49(33-45)67(6,7)8)57-34-46(30-43(3)4)35-58-56-22-10-14-26-64(56)73-51-19-15-17-47(37-51)59-40-68-65(31-44(59)5)71-60-23-11-9-21-54(60)55-28-27-53(39-63(55)71)72-52-20-16-18-50(38-52)69-41-70(66(57)58)62-25-13-12-24-61(62)69/h9-28,31-40,42-43H,29-30,41H2,1-8H3/i5D3,9D,11D,21D,23D,29D2,30D2.